The lowest BCUT2D eigenvalue weighted by Gasteiger charge is -2.26. The van der Waals surface area contributed by atoms with Gasteiger partial charge in [0.1, 0.15) is 4.90 Å². The van der Waals surface area contributed by atoms with E-state index in [4.69, 9.17) is 5.11 Å². The fraction of sp³-hybridized carbons (Fsp3) is 0.538. The Morgan fingerprint density at radius 2 is 1.79 bits per heavy atom. The molecule has 0 heterocycles. The predicted molar refractivity (Wildman–Crippen MR) is 76.9 cm³/mol. The van der Waals surface area contributed by atoms with E-state index in [-0.39, 0.29) is 11.5 Å². The molecule has 1 aromatic carbocycles. The number of anilines is 1. The lowest BCUT2D eigenvalue weighted by Crippen LogP contribution is -2.31. The van der Waals surface area contributed by atoms with Crippen LogP contribution in [0.15, 0.2) is 29.2 Å². The average Bonchev–Trinajstić information content (AvgIpc) is 2.38. The van der Waals surface area contributed by atoms with Gasteiger partial charge >= 0.3 is 0 Å². The molecule has 0 amide bonds. The summed E-state index contributed by atoms with van der Waals surface area (Å²) in [5.41, 5.74) is 0.645. The largest absolute Gasteiger partial charge is 0.395 e. The van der Waals surface area contributed by atoms with Crippen LogP contribution in [0.4, 0.5) is 5.69 Å². The predicted octanol–water partition coefficient (Wildman–Crippen LogP) is 1.15. The van der Waals surface area contributed by atoms with Crippen LogP contribution in [-0.2, 0) is 10.0 Å². The van der Waals surface area contributed by atoms with E-state index in [0.29, 0.717) is 18.8 Å². The molecule has 0 bridgehead atoms. The van der Waals surface area contributed by atoms with Gasteiger partial charge in [0.05, 0.1) is 12.3 Å². The number of rotatable bonds is 7. The maximum atomic E-state index is 12.3. The first-order chi connectivity index (χ1) is 8.95. The molecule has 0 spiro atoms. The Bertz CT molecular complexity index is 494. The highest BCUT2D eigenvalue weighted by Crippen LogP contribution is 2.26. The molecule has 0 aromatic heterocycles. The summed E-state index contributed by atoms with van der Waals surface area (Å²) in [5.74, 6) is 0. The summed E-state index contributed by atoms with van der Waals surface area (Å²) >= 11 is 0. The summed E-state index contributed by atoms with van der Waals surface area (Å²) in [6.45, 7) is 3.15. The van der Waals surface area contributed by atoms with Gasteiger partial charge in [-0.05, 0) is 18.6 Å². The Kier molecular flexibility index (Phi) is 5.78. The molecule has 0 saturated heterocycles. The first-order valence-corrected chi connectivity index (χ1v) is 7.76. The smallest absolute Gasteiger partial charge is 0.244 e. The van der Waals surface area contributed by atoms with Gasteiger partial charge in [0.25, 0.3) is 0 Å². The van der Waals surface area contributed by atoms with Crippen molar-refractivity contribution in [3.63, 3.8) is 0 Å². The van der Waals surface area contributed by atoms with Crippen molar-refractivity contribution in [2.24, 2.45) is 0 Å². The molecule has 19 heavy (non-hydrogen) atoms. The number of hydrogen-bond acceptors (Lipinski definition) is 4. The second-order valence-corrected chi connectivity index (χ2v) is 6.59. The summed E-state index contributed by atoms with van der Waals surface area (Å²) in [4.78, 5) is 2.18. The maximum Gasteiger partial charge on any atom is 0.244 e. The van der Waals surface area contributed by atoms with Gasteiger partial charge in [0.15, 0.2) is 0 Å². The lowest BCUT2D eigenvalue weighted by molar-refractivity contribution is 0.301. The number of aliphatic hydroxyl groups excluding tert-OH is 1. The number of sulfonamides is 1. The van der Waals surface area contributed by atoms with E-state index in [0.717, 1.165) is 6.42 Å². The molecule has 0 radical (unpaired) electrons. The molecule has 5 nitrogen and oxygen atoms in total. The molecule has 0 aliphatic carbocycles. The molecule has 0 atom stereocenters. The third-order valence-electron chi connectivity index (χ3n) is 2.83. The van der Waals surface area contributed by atoms with Crippen molar-refractivity contribution < 1.29 is 13.5 Å². The zero-order chi connectivity index (χ0) is 14.5. The van der Waals surface area contributed by atoms with E-state index in [1.807, 2.05) is 17.9 Å². The average molecular weight is 286 g/mol. The fourth-order valence-electron chi connectivity index (χ4n) is 1.88. The first-order valence-electron chi connectivity index (χ1n) is 6.32. The molecule has 0 unspecified atom stereocenters. The highest BCUT2D eigenvalue weighted by atomic mass is 32.2. The molecule has 0 aliphatic rings. The van der Waals surface area contributed by atoms with Gasteiger partial charge in [-0.2, -0.15) is 0 Å². The molecular weight excluding hydrogens is 264 g/mol. The van der Waals surface area contributed by atoms with Crippen LogP contribution in [0.25, 0.3) is 0 Å². The Labute approximate surface area is 115 Å². The standard InChI is InChI=1S/C13H22N2O3S/c1-4-9-15(10-11-16)12-7-5-6-8-13(12)19(17,18)14(2)3/h5-8,16H,4,9-11H2,1-3H3. The van der Waals surface area contributed by atoms with Gasteiger partial charge in [-0.3, -0.25) is 0 Å². The van der Waals surface area contributed by atoms with Crippen LogP contribution in [0.2, 0.25) is 0 Å². The van der Waals surface area contributed by atoms with Gasteiger partial charge < -0.3 is 10.0 Å². The van der Waals surface area contributed by atoms with Crippen LogP contribution in [0.1, 0.15) is 13.3 Å². The summed E-state index contributed by atoms with van der Waals surface area (Å²) in [7, 11) is -0.447. The molecule has 1 rings (SSSR count). The lowest BCUT2D eigenvalue weighted by atomic mass is 10.2. The van der Waals surface area contributed by atoms with Crippen LogP contribution in [0, 0.1) is 0 Å². The van der Waals surface area contributed by atoms with Crippen molar-refractivity contribution in [3.8, 4) is 0 Å². The molecule has 1 N–H and O–H groups in total. The van der Waals surface area contributed by atoms with Crippen LogP contribution in [0.3, 0.4) is 0 Å². The minimum Gasteiger partial charge on any atom is -0.395 e. The molecule has 1 aromatic rings. The zero-order valence-electron chi connectivity index (χ0n) is 11.7. The van der Waals surface area contributed by atoms with Gasteiger partial charge in [0, 0.05) is 27.2 Å². The van der Waals surface area contributed by atoms with E-state index in [1.54, 1.807) is 18.2 Å². The number of aliphatic hydroxyl groups is 1. The summed E-state index contributed by atoms with van der Waals surface area (Å²) in [6.07, 6.45) is 0.885. The van der Waals surface area contributed by atoms with Gasteiger partial charge in [-0.25, -0.2) is 12.7 Å². The molecule has 0 saturated carbocycles. The molecular formula is C13H22N2O3S. The van der Waals surface area contributed by atoms with Gasteiger partial charge in [0.2, 0.25) is 10.0 Å². The van der Waals surface area contributed by atoms with Crippen LogP contribution < -0.4 is 4.90 Å². The van der Waals surface area contributed by atoms with Gasteiger partial charge in [-0.15, -0.1) is 0 Å². The minimum atomic E-state index is -3.48. The van der Waals surface area contributed by atoms with Crippen LogP contribution in [-0.4, -0.2) is 51.6 Å². The topological polar surface area (TPSA) is 60.9 Å². The number of nitrogens with zero attached hydrogens (tertiary/aromatic N) is 2. The molecule has 6 heteroatoms. The van der Waals surface area contributed by atoms with E-state index in [1.165, 1.54) is 18.4 Å². The Hall–Kier alpha value is -1.11. The normalized spacial score (nSPS) is 11.8. The first kappa shape index (κ1) is 15.9. The second kappa shape index (κ2) is 6.88. The van der Waals surface area contributed by atoms with Gasteiger partial charge in [-0.1, -0.05) is 19.1 Å². The van der Waals surface area contributed by atoms with Crippen molar-refractivity contribution in [3.05, 3.63) is 24.3 Å². The summed E-state index contributed by atoms with van der Waals surface area (Å²) in [5, 5.41) is 9.13. The van der Waals surface area contributed by atoms with Crippen molar-refractivity contribution in [1.29, 1.82) is 0 Å². The van der Waals surface area contributed by atoms with Crippen molar-refractivity contribution in [2.45, 2.75) is 18.2 Å². The molecule has 108 valence electrons. The summed E-state index contributed by atoms with van der Waals surface area (Å²) in [6, 6.07) is 6.90. The van der Waals surface area contributed by atoms with Crippen LogP contribution in [0.5, 0.6) is 0 Å². The quantitative estimate of drug-likeness (QED) is 0.816. The SMILES string of the molecule is CCCN(CCO)c1ccccc1S(=O)(=O)N(C)C. The number of benzene rings is 1. The minimum absolute atomic E-state index is 0.00362. The zero-order valence-corrected chi connectivity index (χ0v) is 12.5. The third kappa shape index (κ3) is 3.68. The third-order valence-corrected chi connectivity index (χ3v) is 4.69. The fourth-order valence-corrected chi connectivity index (χ4v) is 2.98. The number of hydrogen-bond donors (Lipinski definition) is 1. The molecule has 0 fully saturated rings. The van der Waals surface area contributed by atoms with Crippen LogP contribution >= 0.6 is 0 Å². The van der Waals surface area contributed by atoms with Crippen molar-refractivity contribution in [2.75, 3.05) is 38.7 Å². The Morgan fingerprint density at radius 3 is 2.32 bits per heavy atom. The number of para-hydroxylation sites is 1. The van der Waals surface area contributed by atoms with E-state index in [2.05, 4.69) is 0 Å². The molecule has 0 aliphatic heterocycles. The van der Waals surface area contributed by atoms with Crippen molar-refractivity contribution >= 4 is 15.7 Å². The van der Waals surface area contributed by atoms with E-state index < -0.39 is 10.0 Å². The Morgan fingerprint density at radius 1 is 1.16 bits per heavy atom. The summed E-state index contributed by atoms with van der Waals surface area (Å²) < 4.78 is 25.8. The Balaban J connectivity index is 3.28. The maximum absolute atomic E-state index is 12.3. The highest BCUT2D eigenvalue weighted by molar-refractivity contribution is 7.89. The highest BCUT2D eigenvalue weighted by Gasteiger charge is 2.23. The van der Waals surface area contributed by atoms with E-state index in [9.17, 15) is 8.42 Å². The monoisotopic (exact) mass is 286 g/mol. The van der Waals surface area contributed by atoms with E-state index >= 15 is 0 Å². The second-order valence-electron chi connectivity index (χ2n) is 4.47. The van der Waals surface area contributed by atoms with Crippen molar-refractivity contribution in [1.82, 2.24) is 4.31 Å².